The van der Waals surface area contributed by atoms with Gasteiger partial charge in [-0.15, -0.1) is 0 Å². The van der Waals surface area contributed by atoms with E-state index in [-0.39, 0.29) is 23.3 Å². The fraction of sp³-hybridized carbons (Fsp3) is 0.500. The van der Waals surface area contributed by atoms with Crippen LogP contribution in [0.4, 0.5) is 5.95 Å². The molecule has 1 aromatic carbocycles. The van der Waals surface area contributed by atoms with E-state index in [4.69, 9.17) is 0 Å². The van der Waals surface area contributed by atoms with Crippen LogP contribution in [0, 0.1) is 5.92 Å². The minimum atomic E-state index is 0.0157. The van der Waals surface area contributed by atoms with Gasteiger partial charge in [0.2, 0.25) is 11.9 Å². The van der Waals surface area contributed by atoms with E-state index >= 15 is 0 Å². The van der Waals surface area contributed by atoms with Crippen LogP contribution >= 0.6 is 0 Å². The number of benzene rings is 1. The van der Waals surface area contributed by atoms with Crippen molar-refractivity contribution >= 4 is 11.9 Å². The lowest BCUT2D eigenvalue weighted by atomic mass is 9.86. The van der Waals surface area contributed by atoms with E-state index in [0.717, 1.165) is 37.4 Å². The summed E-state index contributed by atoms with van der Waals surface area (Å²) in [6.07, 6.45) is 5.18. The predicted molar refractivity (Wildman–Crippen MR) is 109 cm³/mol. The van der Waals surface area contributed by atoms with Gasteiger partial charge in [-0.2, -0.15) is 0 Å². The Morgan fingerprint density at radius 2 is 1.70 bits per heavy atom. The van der Waals surface area contributed by atoms with E-state index in [9.17, 15) is 4.79 Å². The molecule has 1 atom stereocenters. The minimum Gasteiger partial charge on any atom is -0.349 e. The standard InChI is InChI=1S/C22H30N4O/c1-16(17-6-8-19(9-7-17)22(2,3)4)25-20(27)18-10-14-26(15-11-18)21-23-12-5-13-24-21/h5-9,12-13,16,18H,10-11,14-15H2,1-4H3,(H,25,27). The normalized spacial score (nSPS) is 16.8. The topological polar surface area (TPSA) is 58.1 Å². The Balaban J connectivity index is 1.53. The molecule has 1 amide bonds. The average Bonchev–Trinajstić information content (AvgIpc) is 2.68. The highest BCUT2D eigenvalue weighted by atomic mass is 16.1. The molecule has 1 saturated heterocycles. The minimum absolute atomic E-state index is 0.0157. The molecule has 1 aromatic heterocycles. The van der Waals surface area contributed by atoms with Crippen molar-refractivity contribution in [2.24, 2.45) is 5.92 Å². The number of carbonyl (C=O) groups excluding carboxylic acids is 1. The predicted octanol–water partition coefficient (Wildman–Crippen LogP) is 3.87. The zero-order chi connectivity index (χ0) is 19.4. The number of carbonyl (C=O) groups is 1. The summed E-state index contributed by atoms with van der Waals surface area (Å²) in [5.74, 6) is 0.959. The largest absolute Gasteiger partial charge is 0.349 e. The molecule has 3 rings (SSSR count). The Morgan fingerprint density at radius 3 is 2.26 bits per heavy atom. The molecule has 1 aliphatic heterocycles. The third-order valence-electron chi connectivity index (χ3n) is 5.34. The summed E-state index contributed by atoms with van der Waals surface area (Å²) in [5.41, 5.74) is 2.59. The zero-order valence-corrected chi connectivity index (χ0v) is 16.8. The maximum absolute atomic E-state index is 12.7. The molecule has 144 valence electrons. The smallest absolute Gasteiger partial charge is 0.225 e. The van der Waals surface area contributed by atoms with Crippen LogP contribution in [0.25, 0.3) is 0 Å². The van der Waals surface area contributed by atoms with Gasteiger partial charge in [0.05, 0.1) is 6.04 Å². The summed E-state index contributed by atoms with van der Waals surface area (Å²) in [5, 5.41) is 3.19. The highest BCUT2D eigenvalue weighted by molar-refractivity contribution is 5.79. The van der Waals surface area contributed by atoms with Gasteiger partial charge in [0.1, 0.15) is 0 Å². The molecule has 0 aliphatic carbocycles. The number of piperidine rings is 1. The first-order chi connectivity index (χ1) is 12.8. The Morgan fingerprint density at radius 1 is 1.11 bits per heavy atom. The number of hydrogen-bond donors (Lipinski definition) is 1. The van der Waals surface area contributed by atoms with Crippen molar-refractivity contribution in [3.8, 4) is 0 Å². The molecule has 0 saturated carbocycles. The van der Waals surface area contributed by atoms with Crippen LogP contribution in [0.2, 0.25) is 0 Å². The van der Waals surface area contributed by atoms with Gasteiger partial charge in [-0.25, -0.2) is 9.97 Å². The molecular weight excluding hydrogens is 336 g/mol. The van der Waals surface area contributed by atoms with Crippen LogP contribution < -0.4 is 10.2 Å². The second-order valence-electron chi connectivity index (χ2n) is 8.41. The number of rotatable bonds is 4. The molecule has 0 bridgehead atoms. The number of hydrogen-bond acceptors (Lipinski definition) is 4. The van der Waals surface area contributed by atoms with Crippen molar-refractivity contribution in [3.05, 3.63) is 53.9 Å². The lowest BCUT2D eigenvalue weighted by Gasteiger charge is -2.31. The van der Waals surface area contributed by atoms with E-state index in [1.165, 1.54) is 5.56 Å². The number of aromatic nitrogens is 2. The maximum atomic E-state index is 12.7. The van der Waals surface area contributed by atoms with Gasteiger partial charge in [0.15, 0.2) is 0 Å². The quantitative estimate of drug-likeness (QED) is 0.892. The van der Waals surface area contributed by atoms with Crippen LogP contribution in [0.5, 0.6) is 0 Å². The first-order valence-corrected chi connectivity index (χ1v) is 9.77. The van der Waals surface area contributed by atoms with Crippen LogP contribution in [0.1, 0.15) is 57.7 Å². The van der Waals surface area contributed by atoms with Crippen molar-refractivity contribution in [1.29, 1.82) is 0 Å². The van der Waals surface area contributed by atoms with Gasteiger partial charge < -0.3 is 10.2 Å². The van der Waals surface area contributed by atoms with E-state index in [2.05, 4.69) is 72.1 Å². The molecule has 1 fully saturated rings. The van der Waals surface area contributed by atoms with Crippen molar-refractivity contribution in [3.63, 3.8) is 0 Å². The van der Waals surface area contributed by atoms with Crippen LogP contribution in [-0.4, -0.2) is 29.0 Å². The highest BCUT2D eigenvalue weighted by Crippen LogP contribution is 2.25. The summed E-state index contributed by atoms with van der Waals surface area (Å²) in [4.78, 5) is 23.4. The third-order valence-corrected chi connectivity index (χ3v) is 5.34. The van der Waals surface area contributed by atoms with Gasteiger partial charge in [0, 0.05) is 31.4 Å². The van der Waals surface area contributed by atoms with Crippen LogP contribution in [-0.2, 0) is 10.2 Å². The van der Waals surface area contributed by atoms with E-state index in [0.29, 0.717) is 0 Å². The second kappa shape index (κ2) is 8.07. The molecule has 5 heteroatoms. The number of anilines is 1. The van der Waals surface area contributed by atoms with Gasteiger partial charge in [-0.3, -0.25) is 4.79 Å². The van der Waals surface area contributed by atoms with E-state index < -0.39 is 0 Å². The lowest BCUT2D eigenvalue weighted by molar-refractivity contribution is -0.126. The van der Waals surface area contributed by atoms with E-state index in [1.54, 1.807) is 12.4 Å². The fourth-order valence-corrected chi connectivity index (χ4v) is 3.48. The Hall–Kier alpha value is -2.43. The molecule has 1 N–H and O–H groups in total. The Labute approximate surface area is 162 Å². The Bertz CT molecular complexity index is 744. The summed E-state index contributed by atoms with van der Waals surface area (Å²) in [6, 6.07) is 10.4. The van der Waals surface area contributed by atoms with Gasteiger partial charge in [-0.1, -0.05) is 45.0 Å². The van der Waals surface area contributed by atoms with Crippen molar-refractivity contribution in [2.75, 3.05) is 18.0 Å². The average molecular weight is 367 g/mol. The molecule has 2 heterocycles. The molecule has 0 spiro atoms. The number of amides is 1. The molecule has 27 heavy (non-hydrogen) atoms. The van der Waals surface area contributed by atoms with Crippen LogP contribution in [0.3, 0.4) is 0 Å². The third kappa shape index (κ3) is 4.85. The van der Waals surface area contributed by atoms with Crippen LogP contribution in [0.15, 0.2) is 42.7 Å². The van der Waals surface area contributed by atoms with Gasteiger partial charge in [0.25, 0.3) is 0 Å². The molecule has 0 radical (unpaired) electrons. The highest BCUT2D eigenvalue weighted by Gasteiger charge is 2.27. The Kier molecular flexibility index (Phi) is 5.78. The second-order valence-corrected chi connectivity index (χ2v) is 8.41. The first kappa shape index (κ1) is 19.3. The molecule has 2 aromatic rings. The van der Waals surface area contributed by atoms with Crippen molar-refractivity contribution in [2.45, 2.75) is 52.0 Å². The molecular formula is C22H30N4O. The van der Waals surface area contributed by atoms with Gasteiger partial charge in [-0.05, 0) is 42.4 Å². The molecule has 5 nitrogen and oxygen atoms in total. The first-order valence-electron chi connectivity index (χ1n) is 9.77. The maximum Gasteiger partial charge on any atom is 0.225 e. The number of nitrogens with one attached hydrogen (secondary N) is 1. The van der Waals surface area contributed by atoms with Crippen molar-refractivity contribution < 1.29 is 4.79 Å². The summed E-state index contributed by atoms with van der Waals surface area (Å²) in [7, 11) is 0. The van der Waals surface area contributed by atoms with E-state index in [1.807, 2.05) is 6.07 Å². The zero-order valence-electron chi connectivity index (χ0n) is 16.8. The SMILES string of the molecule is CC(NC(=O)C1CCN(c2ncccn2)CC1)c1ccc(C(C)(C)C)cc1. The fourth-order valence-electron chi connectivity index (χ4n) is 3.48. The molecule has 1 unspecified atom stereocenters. The summed E-state index contributed by atoms with van der Waals surface area (Å²) in [6.45, 7) is 10.3. The lowest BCUT2D eigenvalue weighted by Crippen LogP contribution is -2.41. The van der Waals surface area contributed by atoms with Gasteiger partial charge >= 0.3 is 0 Å². The van der Waals surface area contributed by atoms with Crippen molar-refractivity contribution in [1.82, 2.24) is 15.3 Å². The summed E-state index contributed by atoms with van der Waals surface area (Å²) >= 11 is 0. The summed E-state index contributed by atoms with van der Waals surface area (Å²) < 4.78 is 0. The molecule has 1 aliphatic rings. The number of nitrogens with zero attached hydrogens (tertiary/aromatic N) is 3. The monoisotopic (exact) mass is 366 g/mol.